The normalized spacial score (nSPS) is 10.7. The Morgan fingerprint density at radius 1 is 0.919 bits per heavy atom. The van der Waals surface area contributed by atoms with Crippen LogP contribution >= 0.6 is 0 Å². The van der Waals surface area contributed by atoms with E-state index in [2.05, 4.69) is 27.8 Å². The fraction of sp³-hybridized carbons (Fsp3) is 0.0690. The van der Waals surface area contributed by atoms with Crippen LogP contribution in [0.15, 0.2) is 104 Å². The van der Waals surface area contributed by atoms with Gasteiger partial charge in [-0.15, -0.1) is 0 Å². The summed E-state index contributed by atoms with van der Waals surface area (Å²) in [5, 5.41) is 18.2. The largest absolute Gasteiger partial charge is 0.355 e. The molecule has 2 heterocycles. The van der Waals surface area contributed by atoms with Crippen molar-refractivity contribution in [3.05, 3.63) is 130 Å². The number of hydrogen-bond donors (Lipinski definition) is 2. The van der Waals surface area contributed by atoms with Crippen LogP contribution in [0.4, 0.5) is 22.7 Å². The molecule has 0 aliphatic rings. The monoisotopic (exact) mass is 491 g/mol. The molecule has 3 aromatic carbocycles. The highest BCUT2D eigenvalue weighted by atomic mass is 16.6. The molecule has 0 saturated carbocycles. The van der Waals surface area contributed by atoms with Crippen LogP contribution in [0.25, 0.3) is 10.9 Å². The summed E-state index contributed by atoms with van der Waals surface area (Å²) in [6.45, 7) is 0. The summed E-state index contributed by atoms with van der Waals surface area (Å²) < 4.78 is 1.99. The highest BCUT2D eigenvalue weighted by molar-refractivity contribution is 6.04. The number of carbonyl (C=O) groups is 1. The summed E-state index contributed by atoms with van der Waals surface area (Å²) >= 11 is 0. The molecule has 0 saturated heterocycles. The zero-order chi connectivity index (χ0) is 25.8. The van der Waals surface area contributed by atoms with Crippen molar-refractivity contribution in [2.45, 2.75) is 6.42 Å². The van der Waals surface area contributed by atoms with Crippen LogP contribution in [0, 0.1) is 10.1 Å². The predicted octanol–water partition coefficient (Wildman–Crippen LogP) is 4.97. The van der Waals surface area contributed by atoms with Gasteiger partial charge >= 0.3 is 0 Å². The van der Waals surface area contributed by atoms with Gasteiger partial charge < -0.3 is 10.6 Å². The Kier molecular flexibility index (Phi) is 6.54. The molecule has 1 amide bonds. The number of nitrogens with one attached hydrogen (secondary N) is 3. The van der Waals surface area contributed by atoms with Crippen LogP contribution in [0.5, 0.6) is 0 Å². The average Bonchev–Trinajstić information content (AvgIpc) is 2.91. The van der Waals surface area contributed by atoms with Gasteiger partial charge in [-0.2, -0.15) is 0 Å². The quantitative estimate of drug-likeness (QED) is 0.191. The van der Waals surface area contributed by atoms with Crippen LogP contribution in [0.2, 0.25) is 0 Å². The number of H-pyrrole nitrogens is 1. The molecule has 182 valence electrons. The molecule has 0 spiro atoms. The number of hydrogen-bond acceptors (Lipinski definition) is 4. The molecule has 0 aliphatic heterocycles. The van der Waals surface area contributed by atoms with Crippen molar-refractivity contribution in [3.8, 4) is 0 Å². The molecule has 3 N–H and O–H groups in total. The van der Waals surface area contributed by atoms with E-state index in [0.717, 1.165) is 28.9 Å². The number of rotatable bonds is 7. The molecular weight excluding hydrogens is 466 g/mol. The van der Waals surface area contributed by atoms with Gasteiger partial charge in [-0.1, -0.05) is 12.1 Å². The van der Waals surface area contributed by atoms with Gasteiger partial charge in [-0.3, -0.25) is 14.9 Å². The minimum atomic E-state index is -0.412. The highest BCUT2D eigenvalue weighted by Crippen LogP contribution is 2.27. The van der Waals surface area contributed by atoms with Crippen molar-refractivity contribution in [1.29, 1.82) is 0 Å². The molecule has 5 rings (SSSR count). The van der Waals surface area contributed by atoms with Crippen molar-refractivity contribution >= 4 is 39.6 Å². The third kappa shape index (κ3) is 5.59. The van der Waals surface area contributed by atoms with Crippen LogP contribution in [0.3, 0.4) is 0 Å². The lowest BCUT2D eigenvalue weighted by molar-refractivity contribution is -0.671. The molecule has 0 fully saturated rings. The number of carbonyl (C=O) groups excluding carboxylic acids is 1. The lowest BCUT2D eigenvalue weighted by atomic mass is 10.0. The minimum Gasteiger partial charge on any atom is -0.355 e. The van der Waals surface area contributed by atoms with Crippen molar-refractivity contribution < 1.29 is 19.3 Å². The average molecular weight is 492 g/mol. The number of aromatic nitrogens is 2. The molecule has 0 atom stereocenters. The second-order valence-electron chi connectivity index (χ2n) is 8.78. The van der Waals surface area contributed by atoms with E-state index in [-0.39, 0.29) is 11.6 Å². The first-order valence-electron chi connectivity index (χ1n) is 11.7. The summed E-state index contributed by atoms with van der Waals surface area (Å²) in [7, 11) is 1.98. The van der Waals surface area contributed by atoms with Crippen molar-refractivity contribution in [2.75, 3.05) is 10.6 Å². The van der Waals surface area contributed by atoms with Gasteiger partial charge in [0.1, 0.15) is 7.05 Å². The fourth-order valence-corrected chi connectivity index (χ4v) is 4.11. The first-order valence-corrected chi connectivity index (χ1v) is 11.7. The molecule has 0 aliphatic carbocycles. The third-order valence-electron chi connectivity index (χ3n) is 6.06. The zero-order valence-electron chi connectivity index (χ0n) is 20.1. The standard InChI is InChI=1S/C29H23N5O3/c1-33-15-12-20(13-16-33)17-21-3-2-4-22(18-21)29(35)32-24-7-5-23(6-8-24)31-28-11-14-30-27-10-9-25(34(36)37)19-26(27)28/h2-16,18-19H,17H2,1H3,(H-,30,31,32,35)/p+2. The van der Waals surface area contributed by atoms with E-state index >= 15 is 0 Å². The lowest BCUT2D eigenvalue weighted by Crippen LogP contribution is -2.25. The molecular formula is C29H25N5O3+2. The maximum Gasteiger partial charge on any atom is 0.270 e. The van der Waals surface area contributed by atoms with E-state index in [0.29, 0.717) is 16.6 Å². The zero-order valence-corrected chi connectivity index (χ0v) is 20.1. The Balaban J connectivity index is 1.27. The summed E-state index contributed by atoms with van der Waals surface area (Å²) in [5.74, 6) is -0.182. The van der Waals surface area contributed by atoms with E-state index < -0.39 is 4.92 Å². The number of anilines is 3. The van der Waals surface area contributed by atoms with Gasteiger partial charge in [0.25, 0.3) is 11.6 Å². The summed E-state index contributed by atoms with van der Waals surface area (Å²) in [4.78, 5) is 26.8. The number of non-ortho nitro benzene ring substituents is 1. The maximum absolute atomic E-state index is 12.9. The van der Waals surface area contributed by atoms with Gasteiger partial charge in [0.05, 0.1) is 16.0 Å². The van der Waals surface area contributed by atoms with E-state index in [1.807, 2.05) is 72.5 Å². The van der Waals surface area contributed by atoms with E-state index in [1.165, 1.54) is 17.7 Å². The number of amides is 1. The van der Waals surface area contributed by atoms with Crippen LogP contribution in [-0.4, -0.2) is 10.8 Å². The molecule has 8 heteroatoms. The van der Waals surface area contributed by atoms with Crippen LogP contribution < -0.4 is 20.2 Å². The summed E-state index contributed by atoms with van der Waals surface area (Å²) in [6.07, 6.45) is 6.54. The number of nitro benzene ring substituents is 1. The lowest BCUT2D eigenvalue weighted by Gasteiger charge is -2.10. The molecule has 2 aromatic heterocycles. The third-order valence-corrected chi connectivity index (χ3v) is 6.06. The minimum absolute atomic E-state index is 0.0233. The molecule has 0 radical (unpaired) electrons. The first-order chi connectivity index (χ1) is 17.9. The molecule has 0 unspecified atom stereocenters. The number of aryl methyl sites for hydroxylation is 1. The summed E-state index contributed by atoms with van der Waals surface area (Å²) in [5.41, 5.74) is 5.82. The van der Waals surface area contributed by atoms with E-state index in [1.54, 1.807) is 18.3 Å². The number of nitro groups is 1. The van der Waals surface area contributed by atoms with E-state index in [9.17, 15) is 14.9 Å². The Labute approximate surface area is 213 Å². The molecule has 5 aromatic rings. The first kappa shape index (κ1) is 23.6. The Bertz CT molecular complexity index is 1600. The van der Waals surface area contributed by atoms with Crippen LogP contribution in [-0.2, 0) is 13.5 Å². The van der Waals surface area contributed by atoms with Crippen LogP contribution in [0.1, 0.15) is 21.5 Å². The number of benzene rings is 3. The number of pyridine rings is 2. The Morgan fingerprint density at radius 3 is 2.43 bits per heavy atom. The Hall–Kier alpha value is -5.11. The number of fused-ring (bicyclic) bond motifs is 1. The van der Waals surface area contributed by atoms with Gasteiger partial charge in [-0.25, -0.2) is 9.55 Å². The van der Waals surface area contributed by atoms with Crippen molar-refractivity contribution in [1.82, 2.24) is 0 Å². The van der Waals surface area contributed by atoms with Gasteiger partial charge in [0.2, 0.25) is 5.52 Å². The second kappa shape index (κ2) is 10.2. The van der Waals surface area contributed by atoms with E-state index in [4.69, 9.17) is 0 Å². The predicted molar refractivity (Wildman–Crippen MR) is 142 cm³/mol. The maximum atomic E-state index is 12.9. The van der Waals surface area contributed by atoms with Gasteiger partial charge in [0.15, 0.2) is 18.6 Å². The molecule has 0 bridgehead atoms. The number of aromatic amines is 1. The van der Waals surface area contributed by atoms with Crippen molar-refractivity contribution in [2.24, 2.45) is 7.05 Å². The topological polar surface area (TPSA) is 102 Å². The van der Waals surface area contributed by atoms with Gasteiger partial charge in [0, 0.05) is 53.3 Å². The fourth-order valence-electron chi connectivity index (χ4n) is 4.11. The number of nitrogens with zero attached hydrogens (tertiary/aromatic N) is 2. The summed E-state index contributed by atoms with van der Waals surface area (Å²) in [6, 6.07) is 25.6. The smallest absolute Gasteiger partial charge is 0.270 e. The highest BCUT2D eigenvalue weighted by Gasteiger charge is 2.13. The SMILES string of the molecule is C[n+]1ccc(Cc2cccc(C(=O)Nc3ccc(Nc4cc[nH+]c5ccc([N+](=O)[O-])cc45)cc3)c2)cc1. The van der Waals surface area contributed by atoms with Crippen molar-refractivity contribution in [3.63, 3.8) is 0 Å². The molecule has 37 heavy (non-hydrogen) atoms. The molecule has 8 nitrogen and oxygen atoms in total. The second-order valence-corrected chi connectivity index (χ2v) is 8.78. The Morgan fingerprint density at radius 2 is 1.68 bits per heavy atom. The van der Waals surface area contributed by atoms with Gasteiger partial charge in [-0.05, 0) is 53.9 Å².